The minimum Gasteiger partial charge on any atom is -0.465 e. The van der Waals surface area contributed by atoms with E-state index in [0.29, 0.717) is 11.1 Å². The molecule has 0 radical (unpaired) electrons. The van der Waals surface area contributed by atoms with Gasteiger partial charge in [0, 0.05) is 0 Å². The van der Waals surface area contributed by atoms with Crippen LogP contribution in [0.2, 0.25) is 0 Å². The first-order chi connectivity index (χ1) is 6.56. The van der Waals surface area contributed by atoms with Crippen molar-refractivity contribution in [1.82, 2.24) is 0 Å². The number of methoxy groups -OCH3 is 1. The van der Waals surface area contributed by atoms with Crippen LogP contribution in [0, 0.1) is 12.7 Å². The molecule has 1 aromatic carbocycles. The van der Waals surface area contributed by atoms with Crippen molar-refractivity contribution in [2.75, 3.05) is 7.11 Å². The maximum atomic E-state index is 12.9. The highest BCUT2D eigenvalue weighted by Gasteiger charge is 2.10. The Balaban J connectivity index is 3.03. The second kappa shape index (κ2) is 4.05. The van der Waals surface area contributed by atoms with Crippen LogP contribution in [0.25, 0.3) is 5.57 Å². The highest BCUT2D eigenvalue weighted by Crippen LogP contribution is 2.17. The number of esters is 1. The fraction of sp³-hybridized carbons (Fsp3) is 0.182. The van der Waals surface area contributed by atoms with Gasteiger partial charge >= 0.3 is 5.97 Å². The standard InChI is InChI=1S/C11H11FO2/c1-7-6-9(4-5-10(7)12)8(2)11(13)14-3/h4-6H,2H2,1,3H3. The van der Waals surface area contributed by atoms with Crippen molar-refractivity contribution in [1.29, 1.82) is 0 Å². The zero-order valence-corrected chi connectivity index (χ0v) is 8.13. The highest BCUT2D eigenvalue weighted by atomic mass is 19.1. The molecule has 1 aromatic rings. The summed E-state index contributed by atoms with van der Waals surface area (Å²) in [5.74, 6) is -0.803. The molecule has 0 N–H and O–H groups in total. The molecule has 74 valence electrons. The van der Waals surface area contributed by atoms with Crippen molar-refractivity contribution in [3.05, 3.63) is 41.7 Å². The summed E-state index contributed by atoms with van der Waals surface area (Å²) in [4.78, 5) is 11.1. The van der Waals surface area contributed by atoms with Crippen LogP contribution in [0.3, 0.4) is 0 Å². The summed E-state index contributed by atoms with van der Waals surface area (Å²) in [5, 5.41) is 0. The molecule has 0 aliphatic carbocycles. The van der Waals surface area contributed by atoms with Gasteiger partial charge in [-0.2, -0.15) is 0 Å². The van der Waals surface area contributed by atoms with Crippen LogP contribution in [0.15, 0.2) is 24.8 Å². The number of benzene rings is 1. The zero-order chi connectivity index (χ0) is 10.7. The summed E-state index contributed by atoms with van der Waals surface area (Å²) >= 11 is 0. The summed E-state index contributed by atoms with van der Waals surface area (Å²) in [5.41, 5.74) is 1.29. The van der Waals surface area contributed by atoms with E-state index in [1.807, 2.05) is 0 Å². The molecule has 0 spiro atoms. The molecule has 0 heterocycles. The SMILES string of the molecule is C=C(C(=O)OC)c1ccc(F)c(C)c1. The van der Waals surface area contributed by atoms with Crippen molar-refractivity contribution < 1.29 is 13.9 Å². The van der Waals surface area contributed by atoms with Crippen molar-refractivity contribution >= 4 is 11.5 Å². The predicted octanol–water partition coefficient (Wildman–Crippen LogP) is 2.32. The molecule has 14 heavy (non-hydrogen) atoms. The number of hydrogen-bond acceptors (Lipinski definition) is 2. The number of aryl methyl sites for hydroxylation is 1. The lowest BCUT2D eigenvalue weighted by atomic mass is 10.1. The average molecular weight is 194 g/mol. The molecule has 1 rings (SSSR count). The van der Waals surface area contributed by atoms with E-state index >= 15 is 0 Å². The smallest absolute Gasteiger partial charge is 0.337 e. The molecule has 3 heteroatoms. The van der Waals surface area contributed by atoms with E-state index in [-0.39, 0.29) is 11.4 Å². The summed E-state index contributed by atoms with van der Waals surface area (Å²) < 4.78 is 17.4. The van der Waals surface area contributed by atoms with Crippen LogP contribution in [0.4, 0.5) is 4.39 Å². The van der Waals surface area contributed by atoms with Gasteiger partial charge in [-0.3, -0.25) is 0 Å². The number of carbonyl (C=O) groups is 1. The fourth-order valence-electron chi connectivity index (χ4n) is 1.07. The van der Waals surface area contributed by atoms with Gasteiger partial charge in [-0.05, 0) is 30.2 Å². The lowest BCUT2D eigenvalue weighted by molar-refractivity contribution is -0.133. The second-order valence-electron chi connectivity index (χ2n) is 2.93. The van der Waals surface area contributed by atoms with Gasteiger partial charge in [0.15, 0.2) is 0 Å². The van der Waals surface area contributed by atoms with Gasteiger partial charge in [0.2, 0.25) is 0 Å². The number of ether oxygens (including phenoxy) is 1. The van der Waals surface area contributed by atoms with Gasteiger partial charge in [0.25, 0.3) is 0 Å². The fourth-order valence-corrected chi connectivity index (χ4v) is 1.07. The van der Waals surface area contributed by atoms with Crippen LogP contribution in [-0.4, -0.2) is 13.1 Å². The first kappa shape index (κ1) is 10.4. The molecule has 0 unspecified atom stereocenters. The van der Waals surface area contributed by atoms with E-state index < -0.39 is 5.97 Å². The van der Waals surface area contributed by atoms with E-state index in [0.717, 1.165) is 0 Å². The third kappa shape index (κ3) is 1.99. The molecule has 0 aliphatic rings. The lowest BCUT2D eigenvalue weighted by Gasteiger charge is -2.04. The molecule has 0 amide bonds. The van der Waals surface area contributed by atoms with Crippen LogP contribution >= 0.6 is 0 Å². The molecule has 0 aromatic heterocycles. The topological polar surface area (TPSA) is 26.3 Å². The molecule has 0 saturated carbocycles. The van der Waals surface area contributed by atoms with Gasteiger partial charge in [0.1, 0.15) is 5.82 Å². The maximum absolute atomic E-state index is 12.9. The lowest BCUT2D eigenvalue weighted by Crippen LogP contribution is -2.02. The van der Waals surface area contributed by atoms with E-state index in [1.165, 1.54) is 19.2 Å². The van der Waals surface area contributed by atoms with Crippen molar-refractivity contribution in [2.45, 2.75) is 6.92 Å². The largest absolute Gasteiger partial charge is 0.465 e. The second-order valence-corrected chi connectivity index (χ2v) is 2.93. The van der Waals surface area contributed by atoms with Crippen molar-refractivity contribution in [2.24, 2.45) is 0 Å². The minimum absolute atomic E-state index is 0.232. The first-order valence-electron chi connectivity index (χ1n) is 4.10. The Morgan fingerprint density at radius 2 is 2.14 bits per heavy atom. The molecule has 0 saturated heterocycles. The monoisotopic (exact) mass is 194 g/mol. The predicted molar refractivity (Wildman–Crippen MR) is 52.2 cm³/mol. The zero-order valence-electron chi connectivity index (χ0n) is 8.13. The minimum atomic E-state index is -0.504. The number of rotatable bonds is 2. The molecule has 0 atom stereocenters. The quantitative estimate of drug-likeness (QED) is 0.533. The third-order valence-corrected chi connectivity index (χ3v) is 1.94. The van der Waals surface area contributed by atoms with Gasteiger partial charge in [-0.1, -0.05) is 12.6 Å². The van der Waals surface area contributed by atoms with Crippen molar-refractivity contribution in [3.8, 4) is 0 Å². The van der Waals surface area contributed by atoms with E-state index in [2.05, 4.69) is 11.3 Å². The molecular formula is C11H11FO2. The normalized spacial score (nSPS) is 9.64. The molecule has 0 bridgehead atoms. The molecular weight excluding hydrogens is 183 g/mol. The summed E-state index contributed by atoms with van der Waals surface area (Å²) in [7, 11) is 1.28. The highest BCUT2D eigenvalue weighted by molar-refractivity contribution is 6.15. The summed E-state index contributed by atoms with van der Waals surface area (Å²) in [6.07, 6.45) is 0. The Bertz CT molecular complexity index is 383. The Morgan fingerprint density at radius 1 is 1.50 bits per heavy atom. The van der Waals surface area contributed by atoms with Gasteiger partial charge < -0.3 is 4.74 Å². The van der Waals surface area contributed by atoms with Gasteiger partial charge in [-0.15, -0.1) is 0 Å². The van der Waals surface area contributed by atoms with E-state index in [4.69, 9.17) is 0 Å². The van der Waals surface area contributed by atoms with E-state index in [1.54, 1.807) is 13.0 Å². The maximum Gasteiger partial charge on any atom is 0.337 e. The van der Waals surface area contributed by atoms with Crippen LogP contribution in [-0.2, 0) is 9.53 Å². The molecule has 0 aliphatic heterocycles. The van der Waals surface area contributed by atoms with Crippen LogP contribution in [0.5, 0.6) is 0 Å². The number of halogens is 1. The average Bonchev–Trinajstić information content (AvgIpc) is 2.20. The summed E-state index contributed by atoms with van der Waals surface area (Å²) in [6, 6.07) is 4.37. The van der Waals surface area contributed by atoms with Crippen LogP contribution < -0.4 is 0 Å². The Labute approximate surface area is 82.0 Å². The molecule has 2 nitrogen and oxygen atoms in total. The third-order valence-electron chi connectivity index (χ3n) is 1.94. The Kier molecular flexibility index (Phi) is 3.02. The van der Waals surface area contributed by atoms with Gasteiger partial charge in [-0.25, -0.2) is 9.18 Å². The molecule has 0 fully saturated rings. The van der Waals surface area contributed by atoms with Gasteiger partial charge in [0.05, 0.1) is 12.7 Å². The Hall–Kier alpha value is -1.64. The van der Waals surface area contributed by atoms with E-state index in [9.17, 15) is 9.18 Å². The number of hydrogen-bond donors (Lipinski definition) is 0. The first-order valence-corrected chi connectivity index (χ1v) is 4.10. The van der Waals surface area contributed by atoms with Crippen molar-refractivity contribution in [3.63, 3.8) is 0 Å². The summed E-state index contributed by atoms with van der Waals surface area (Å²) in [6.45, 7) is 5.20. The Morgan fingerprint density at radius 3 is 2.64 bits per heavy atom. The number of carbonyl (C=O) groups excluding carboxylic acids is 1. The van der Waals surface area contributed by atoms with Crippen LogP contribution in [0.1, 0.15) is 11.1 Å².